The van der Waals surface area contributed by atoms with Gasteiger partial charge in [0, 0.05) is 49.2 Å². The van der Waals surface area contributed by atoms with Crippen molar-refractivity contribution in [3.8, 4) is 11.3 Å². The van der Waals surface area contributed by atoms with Crippen LogP contribution in [0.2, 0.25) is 0 Å². The summed E-state index contributed by atoms with van der Waals surface area (Å²) in [6, 6.07) is 17.3. The predicted molar refractivity (Wildman–Crippen MR) is 123 cm³/mol. The molecule has 0 aliphatic carbocycles. The Bertz CT molecular complexity index is 1240. The number of nitrogens with one attached hydrogen (secondary N) is 1. The molecular formula is C25H23N5O2. The highest BCUT2D eigenvalue weighted by atomic mass is 16.5. The summed E-state index contributed by atoms with van der Waals surface area (Å²) in [5.74, 6) is 0.770. The molecule has 7 nitrogen and oxygen atoms in total. The number of hydrogen-bond acceptors (Lipinski definition) is 6. The summed E-state index contributed by atoms with van der Waals surface area (Å²) in [7, 11) is 0. The summed E-state index contributed by atoms with van der Waals surface area (Å²) in [4.78, 5) is 28.8. The van der Waals surface area contributed by atoms with Gasteiger partial charge in [-0.05, 0) is 42.0 Å². The maximum atomic E-state index is 13.2. The zero-order chi connectivity index (χ0) is 21.8. The van der Waals surface area contributed by atoms with Gasteiger partial charge < -0.3 is 15.0 Å². The average Bonchev–Trinajstić information content (AvgIpc) is 2.88. The number of carbonyl (C=O) groups is 1. The number of aromatic nitrogens is 3. The molecule has 0 spiro atoms. The summed E-state index contributed by atoms with van der Waals surface area (Å²) < 4.78 is 5.42. The van der Waals surface area contributed by atoms with Crippen LogP contribution in [-0.2, 0) is 11.3 Å². The van der Waals surface area contributed by atoms with E-state index in [9.17, 15) is 4.79 Å². The van der Waals surface area contributed by atoms with Crippen LogP contribution in [0.15, 0.2) is 73.2 Å². The highest BCUT2D eigenvalue weighted by Crippen LogP contribution is 2.24. The highest BCUT2D eigenvalue weighted by molar-refractivity contribution is 6.07. The van der Waals surface area contributed by atoms with Crippen molar-refractivity contribution in [3.05, 3.63) is 84.3 Å². The number of anilines is 1. The van der Waals surface area contributed by atoms with Gasteiger partial charge in [0.2, 0.25) is 0 Å². The number of hydrogen-bond donors (Lipinski definition) is 1. The molecule has 1 aliphatic heterocycles. The number of ether oxygens (including phenoxy) is 1. The van der Waals surface area contributed by atoms with Gasteiger partial charge in [0.05, 0.1) is 30.0 Å². The van der Waals surface area contributed by atoms with Gasteiger partial charge in [0.1, 0.15) is 5.82 Å². The number of fused-ring (bicyclic) bond motifs is 1. The Balaban J connectivity index is 1.39. The molecule has 1 aromatic carbocycles. The Kier molecular flexibility index (Phi) is 5.72. The summed E-state index contributed by atoms with van der Waals surface area (Å²) in [5, 5.41) is 3.88. The van der Waals surface area contributed by atoms with E-state index in [4.69, 9.17) is 9.72 Å². The number of pyridine rings is 3. The van der Waals surface area contributed by atoms with Crippen LogP contribution >= 0.6 is 0 Å². The highest BCUT2D eigenvalue weighted by Gasteiger charge is 2.15. The van der Waals surface area contributed by atoms with Gasteiger partial charge in [-0.3, -0.25) is 9.78 Å². The van der Waals surface area contributed by atoms with Crippen LogP contribution in [0, 0.1) is 0 Å². The van der Waals surface area contributed by atoms with Crippen LogP contribution in [0.5, 0.6) is 0 Å². The molecule has 1 saturated heterocycles. The van der Waals surface area contributed by atoms with Crippen LogP contribution < -0.4 is 10.2 Å². The monoisotopic (exact) mass is 425 g/mol. The van der Waals surface area contributed by atoms with Crippen LogP contribution in [0.3, 0.4) is 0 Å². The maximum absolute atomic E-state index is 13.2. The normalized spacial score (nSPS) is 13.8. The van der Waals surface area contributed by atoms with Crippen molar-refractivity contribution >= 4 is 22.6 Å². The van der Waals surface area contributed by atoms with Crippen molar-refractivity contribution in [1.82, 2.24) is 20.3 Å². The van der Waals surface area contributed by atoms with E-state index in [-0.39, 0.29) is 5.91 Å². The molecule has 1 aliphatic rings. The first-order valence-electron chi connectivity index (χ1n) is 10.6. The molecule has 0 unspecified atom stereocenters. The summed E-state index contributed by atoms with van der Waals surface area (Å²) in [6.07, 6.45) is 5.26. The molecule has 3 aromatic heterocycles. The third-order valence-electron chi connectivity index (χ3n) is 5.52. The minimum atomic E-state index is -0.140. The molecule has 4 aromatic rings. The number of rotatable bonds is 5. The predicted octanol–water partition coefficient (Wildman–Crippen LogP) is 3.46. The van der Waals surface area contributed by atoms with Gasteiger partial charge in [-0.15, -0.1) is 0 Å². The second kappa shape index (κ2) is 9.11. The van der Waals surface area contributed by atoms with Crippen LogP contribution in [-0.4, -0.2) is 47.2 Å². The molecule has 1 amide bonds. The largest absolute Gasteiger partial charge is 0.378 e. The number of carbonyl (C=O) groups excluding carboxylic acids is 1. The number of para-hydroxylation sites is 1. The number of amides is 1. The van der Waals surface area contributed by atoms with Gasteiger partial charge in [0.15, 0.2) is 0 Å². The van der Waals surface area contributed by atoms with Gasteiger partial charge in [0.25, 0.3) is 5.91 Å². The number of nitrogens with zero attached hydrogens (tertiary/aromatic N) is 4. The molecule has 5 rings (SSSR count). The molecule has 0 saturated carbocycles. The van der Waals surface area contributed by atoms with E-state index >= 15 is 0 Å². The van der Waals surface area contributed by atoms with E-state index in [1.54, 1.807) is 18.6 Å². The standard InChI is InChI=1S/C25H23N5O2/c31-25(28-16-18-7-9-27-24(14-18)30-10-12-32-13-11-30)21-15-23(19-4-3-8-26-17-19)29-22-6-2-1-5-20(21)22/h1-9,14-15,17H,10-13,16H2,(H,28,31). The maximum Gasteiger partial charge on any atom is 0.252 e. The summed E-state index contributed by atoms with van der Waals surface area (Å²) >= 11 is 0. The van der Waals surface area contributed by atoms with Crippen molar-refractivity contribution < 1.29 is 9.53 Å². The van der Waals surface area contributed by atoms with Crippen molar-refractivity contribution in [2.75, 3.05) is 31.2 Å². The molecule has 1 N–H and O–H groups in total. The zero-order valence-corrected chi connectivity index (χ0v) is 17.6. The smallest absolute Gasteiger partial charge is 0.252 e. The number of morpholine rings is 1. The Morgan fingerprint density at radius 3 is 2.75 bits per heavy atom. The SMILES string of the molecule is O=C(NCc1ccnc(N2CCOCC2)c1)c1cc(-c2cccnc2)nc2ccccc12. The Morgan fingerprint density at radius 1 is 1.03 bits per heavy atom. The van der Waals surface area contributed by atoms with Gasteiger partial charge in [-0.25, -0.2) is 9.97 Å². The third kappa shape index (κ3) is 4.29. The molecule has 0 atom stereocenters. The fraction of sp³-hybridized carbons (Fsp3) is 0.200. The quantitative estimate of drug-likeness (QED) is 0.528. The number of benzene rings is 1. The van der Waals surface area contributed by atoms with Crippen LogP contribution in [0.25, 0.3) is 22.2 Å². The van der Waals surface area contributed by atoms with Gasteiger partial charge in [-0.1, -0.05) is 18.2 Å². The zero-order valence-electron chi connectivity index (χ0n) is 17.6. The lowest BCUT2D eigenvalue weighted by molar-refractivity contribution is 0.0952. The average molecular weight is 425 g/mol. The van der Waals surface area contributed by atoms with Crippen LogP contribution in [0.1, 0.15) is 15.9 Å². The third-order valence-corrected chi connectivity index (χ3v) is 5.52. The Hall–Kier alpha value is -3.84. The molecular weight excluding hydrogens is 402 g/mol. The lowest BCUT2D eigenvalue weighted by Crippen LogP contribution is -2.36. The first-order valence-corrected chi connectivity index (χ1v) is 10.6. The first-order chi connectivity index (χ1) is 15.8. The van der Waals surface area contributed by atoms with E-state index in [1.165, 1.54) is 0 Å². The molecule has 32 heavy (non-hydrogen) atoms. The van der Waals surface area contributed by atoms with Gasteiger partial charge >= 0.3 is 0 Å². The molecule has 0 radical (unpaired) electrons. The minimum Gasteiger partial charge on any atom is -0.378 e. The Morgan fingerprint density at radius 2 is 1.91 bits per heavy atom. The molecule has 4 heterocycles. The van der Waals surface area contributed by atoms with Crippen molar-refractivity contribution in [1.29, 1.82) is 0 Å². The second-order valence-electron chi connectivity index (χ2n) is 7.62. The van der Waals surface area contributed by atoms with Crippen molar-refractivity contribution in [2.45, 2.75) is 6.54 Å². The fourth-order valence-electron chi connectivity index (χ4n) is 3.84. The Labute approximate surface area is 186 Å². The summed E-state index contributed by atoms with van der Waals surface area (Å²) in [6.45, 7) is 3.47. The van der Waals surface area contributed by atoms with E-state index in [1.807, 2.05) is 54.6 Å². The first kappa shape index (κ1) is 20.1. The van der Waals surface area contributed by atoms with Crippen molar-refractivity contribution in [3.63, 3.8) is 0 Å². The molecule has 7 heteroatoms. The van der Waals surface area contributed by atoms with Gasteiger partial charge in [-0.2, -0.15) is 0 Å². The van der Waals surface area contributed by atoms with Crippen molar-refractivity contribution in [2.24, 2.45) is 0 Å². The van der Waals surface area contributed by atoms with E-state index < -0.39 is 0 Å². The minimum absolute atomic E-state index is 0.140. The second-order valence-corrected chi connectivity index (χ2v) is 7.62. The molecule has 0 bridgehead atoms. The summed E-state index contributed by atoms with van der Waals surface area (Å²) in [5.41, 5.74) is 3.96. The van der Waals surface area contributed by atoms with E-state index in [0.29, 0.717) is 25.3 Å². The fourth-order valence-corrected chi connectivity index (χ4v) is 3.84. The molecule has 160 valence electrons. The molecule has 1 fully saturated rings. The van der Waals surface area contributed by atoms with Crippen LogP contribution in [0.4, 0.5) is 5.82 Å². The lowest BCUT2D eigenvalue weighted by atomic mass is 10.0. The van der Waals surface area contributed by atoms with E-state index in [2.05, 4.69) is 20.2 Å². The lowest BCUT2D eigenvalue weighted by Gasteiger charge is -2.28. The topological polar surface area (TPSA) is 80.2 Å². The van der Waals surface area contributed by atoms with E-state index in [0.717, 1.165) is 46.6 Å².